The van der Waals surface area contributed by atoms with Crippen LogP contribution < -0.4 is 0 Å². The third-order valence-corrected chi connectivity index (χ3v) is 5.14. The van der Waals surface area contributed by atoms with Gasteiger partial charge in [0.25, 0.3) is 0 Å². The van der Waals surface area contributed by atoms with Crippen molar-refractivity contribution in [3.8, 4) is 0 Å². The summed E-state index contributed by atoms with van der Waals surface area (Å²) in [5, 5.41) is 38.7. The van der Waals surface area contributed by atoms with Crippen molar-refractivity contribution in [2.75, 3.05) is 6.61 Å². The number of unbranched alkanes of at least 4 members (excludes halogenated alkanes) is 8. The number of carbonyl (C=O) groups is 1. The van der Waals surface area contributed by atoms with Crippen molar-refractivity contribution in [1.29, 1.82) is 0 Å². The first-order valence-corrected chi connectivity index (χ1v) is 11.3. The van der Waals surface area contributed by atoms with Gasteiger partial charge in [-0.05, 0) is 38.5 Å². The number of aliphatic hydroxyl groups excluding tert-OH is 3. The largest absolute Gasteiger partial charge is 0.406 e. The van der Waals surface area contributed by atoms with Crippen molar-refractivity contribution in [3.05, 3.63) is 24.3 Å². The van der Waals surface area contributed by atoms with Gasteiger partial charge < -0.3 is 29.9 Å². The lowest BCUT2D eigenvalue weighted by Gasteiger charge is -2.39. The molecule has 0 bridgehead atoms. The molecule has 1 saturated heterocycles. The van der Waals surface area contributed by atoms with Crippen molar-refractivity contribution in [2.24, 2.45) is 0 Å². The summed E-state index contributed by atoms with van der Waals surface area (Å²) in [4.78, 5) is 11.9. The molecule has 0 radical (unpaired) electrons. The molecule has 0 spiro atoms. The van der Waals surface area contributed by atoms with Gasteiger partial charge in [-0.25, -0.2) is 0 Å². The Hall–Kier alpha value is -1.25. The lowest BCUT2D eigenvalue weighted by atomic mass is 10.0. The van der Waals surface area contributed by atoms with Gasteiger partial charge in [0.15, 0.2) is 6.10 Å². The standard InChI is InChI=1S/C23H40O7/c1-2-3-4-5-6-7-8-9-10-11-12-13-14-15-16-17-20(25)30-23(28)22(27)21(26)19(24)18-29-23/h6-7,9-10,19,21-22,24,26-28H,2-5,8,11-18H2,1H3/b7-6-,10-9-/t19-,21+,22-,23?/m1/s1. The Labute approximate surface area is 180 Å². The van der Waals surface area contributed by atoms with Gasteiger partial charge in [-0.3, -0.25) is 4.79 Å². The lowest BCUT2D eigenvalue weighted by molar-refractivity contribution is -0.415. The van der Waals surface area contributed by atoms with Crippen LogP contribution >= 0.6 is 0 Å². The molecule has 1 fully saturated rings. The topological polar surface area (TPSA) is 116 Å². The Morgan fingerprint density at radius 3 is 2.23 bits per heavy atom. The molecule has 1 aliphatic heterocycles. The average molecular weight is 429 g/mol. The van der Waals surface area contributed by atoms with Crippen LogP contribution in [0.5, 0.6) is 0 Å². The molecule has 1 heterocycles. The van der Waals surface area contributed by atoms with E-state index in [1.54, 1.807) is 0 Å². The molecule has 4 N–H and O–H groups in total. The van der Waals surface area contributed by atoms with Crippen LogP contribution in [-0.4, -0.2) is 57.3 Å². The smallest absolute Gasteiger partial charge is 0.357 e. The summed E-state index contributed by atoms with van der Waals surface area (Å²) in [6, 6.07) is 0. The van der Waals surface area contributed by atoms with E-state index in [0.29, 0.717) is 6.42 Å². The van der Waals surface area contributed by atoms with Gasteiger partial charge in [0.2, 0.25) is 0 Å². The number of rotatable bonds is 15. The Kier molecular flexibility index (Phi) is 13.9. The van der Waals surface area contributed by atoms with Crippen molar-refractivity contribution >= 4 is 5.97 Å². The van der Waals surface area contributed by atoms with Crippen LogP contribution in [0.2, 0.25) is 0 Å². The van der Waals surface area contributed by atoms with E-state index in [2.05, 4.69) is 31.2 Å². The van der Waals surface area contributed by atoms with Crippen molar-refractivity contribution in [3.63, 3.8) is 0 Å². The SMILES string of the molecule is CCCCC/C=C\C/C=C\CCCCCCCC(=O)OC1(O)OC[C@@H](O)[C@H](O)[C@H]1O. The maximum Gasteiger partial charge on any atom is 0.357 e. The first-order valence-electron chi connectivity index (χ1n) is 11.3. The summed E-state index contributed by atoms with van der Waals surface area (Å²) in [6.45, 7) is 1.77. The minimum atomic E-state index is -2.62. The molecule has 0 aromatic rings. The van der Waals surface area contributed by atoms with Gasteiger partial charge in [0, 0.05) is 6.42 Å². The van der Waals surface area contributed by atoms with Gasteiger partial charge >= 0.3 is 11.9 Å². The number of hydrogen-bond acceptors (Lipinski definition) is 7. The minimum absolute atomic E-state index is 0.0849. The van der Waals surface area contributed by atoms with Crippen LogP contribution in [0.25, 0.3) is 0 Å². The van der Waals surface area contributed by atoms with E-state index in [0.717, 1.165) is 38.5 Å². The van der Waals surface area contributed by atoms with E-state index in [-0.39, 0.29) is 6.42 Å². The van der Waals surface area contributed by atoms with E-state index in [1.165, 1.54) is 25.7 Å². The molecule has 0 aromatic carbocycles. The number of allylic oxidation sites excluding steroid dienone is 4. The molecule has 1 aliphatic rings. The second kappa shape index (κ2) is 15.5. The quantitative estimate of drug-likeness (QED) is 0.137. The highest BCUT2D eigenvalue weighted by Gasteiger charge is 2.51. The second-order valence-electron chi connectivity index (χ2n) is 7.90. The Morgan fingerprint density at radius 1 is 0.967 bits per heavy atom. The van der Waals surface area contributed by atoms with Crippen LogP contribution in [0, 0.1) is 0 Å². The minimum Gasteiger partial charge on any atom is -0.406 e. The van der Waals surface area contributed by atoms with Crippen LogP contribution in [0.3, 0.4) is 0 Å². The van der Waals surface area contributed by atoms with E-state index >= 15 is 0 Å². The molecule has 174 valence electrons. The molecule has 4 atom stereocenters. The zero-order valence-electron chi connectivity index (χ0n) is 18.2. The number of aliphatic hydroxyl groups is 4. The highest BCUT2D eigenvalue weighted by Crippen LogP contribution is 2.26. The van der Waals surface area contributed by atoms with Crippen LogP contribution in [0.4, 0.5) is 0 Å². The van der Waals surface area contributed by atoms with E-state index < -0.39 is 36.9 Å². The number of carbonyl (C=O) groups excluding carboxylic acids is 1. The second-order valence-corrected chi connectivity index (χ2v) is 7.90. The van der Waals surface area contributed by atoms with Crippen molar-refractivity contribution in [2.45, 2.75) is 108 Å². The molecular weight excluding hydrogens is 388 g/mol. The summed E-state index contributed by atoms with van der Waals surface area (Å²) >= 11 is 0. The first kappa shape index (κ1) is 26.8. The van der Waals surface area contributed by atoms with E-state index in [4.69, 9.17) is 9.47 Å². The summed E-state index contributed by atoms with van der Waals surface area (Å²) in [6.07, 6.45) is 15.8. The summed E-state index contributed by atoms with van der Waals surface area (Å²) < 4.78 is 9.59. The van der Waals surface area contributed by atoms with Crippen molar-refractivity contribution < 1.29 is 34.7 Å². The zero-order valence-corrected chi connectivity index (χ0v) is 18.2. The predicted octanol–water partition coefficient (Wildman–Crippen LogP) is 3.10. The van der Waals surface area contributed by atoms with E-state index in [9.17, 15) is 25.2 Å². The number of ether oxygens (including phenoxy) is 2. The number of hydrogen-bond donors (Lipinski definition) is 4. The molecule has 1 rings (SSSR count). The third kappa shape index (κ3) is 10.7. The third-order valence-electron chi connectivity index (χ3n) is 5.14. The summed E-state index contributed by atoms with van der Waals surface area (Å²) in [5.41, 5.74) is 0. The molecular formula is C23H40O7. The zero-order chi connectivity index (χ0) is 22.2. The van der Waals surface area contributed by atoms with E-state index in [1.807, 2.05) is 0 Å². The molecule has 7 heteroatoms. The van der Waals surface area contributed by atoms with Crippen LogP contribution in [0.1, 0.15) is 84.0 Å². The van der Waals surface area contributed by atoms with Crippen LogP contribution in [-0.2, 0) is 14.3 Å². The normalized spacial score (nSPS) is 27.2. The maximum atomic E-state index is 11.9. The predicted molar refractivity (Wildman–Crippen MR) is 114 cm³/mol. The van der Waals surface area contributed by atoms with Crippen LogP contribution in [0.15, 0.2) is 24.3 Å². The molecule has 1 unspecified atom stereocenters. The lowest BCUT2D eigenvalue weighted by Crippen LogP contribution is -2.62. The molecule has 0 amide bonds. The first-order chi connectivity index (χ1) is 14.4. The highest BCUT2D eigenvalue weighted by molar-refractivity contribution is 5.69. The molecule has 30 heavy (non-hydrogen) atoms. The van der Waals surface area contributed by atoms with Gasteiger partial charge in [0.05, 0.1) is 6.61 Å². The highest BCUT2D eigenvalue weighted by atomic mass is 16.8. The van der Waals surface area contributed by atoms with Gasteiger partial charge in [-0.1, -0.05) is 63.3 Å². The fraction of sp³-hybridized carbons (Fsp3) is 0.783. The average Bonchev–Trinajstić information content (AvgIpc) is 2.72. The monoisotopic (exact) mass is 428 g/mol. The number of esters is 1. The molecule has 7 nitrogen and oxygen atoms in total. The molecule has 0 aromatic heterocycles. The Morgan fingerprint density at radius 2 is 1.57 bits per heavy atom. The van der Waals surface area contributed by atoms with Crippen molar-refractivity contribution in [1.82, 2.24) is 0 Å². The fourth-order valence-electron chi connectivity index (χ4n) is 3.20. The summed E-state index contributed by atoms with van der Waals surface area (Å²) in [5.74, 6) is -3.34. The van der Waals surface area contributed by atoms with Gasteiger partial charge in [0.1, 0.15) is 12.2 Å². The Bertz CT molecular complexity index is 520. The van der Waals surface area contributed by atoms with Gasteiger partial charge in [-0.15, -0.1) is 0 Å². The Balaban J connectivity index is 2.01. The molecule has 0 aliphatic carbocycles. The fourth-order valence-corrected chi connectivity index (χ4v) is 3.20. The molecule has 0 saturated carbocycles. The van der Waals surface area contributed by atoms with Gasteiger partial charge in [-0.2, -0.15) is 0 Å². The summed E-state index contributed by atoms with van der Waals surface area (Å²) in [7, 11) is 0. The maximum absolute atomic E-state index is 11.9.